The van der Waals surface area contributed by atoms with Crippen molar-refractivity contribution in [2.45, 2.75) is 32.1 Å². The molecule has 2 rings (SSSR count). The maximum absolute atomic E-state index is 11.2. The maximum atomic E-state index is 11.2. The minimum atomic E-state index is -0.515. The first-order valence-electron chi connectivity index (χ1n) is 6.93. The lowest BCUT2D eigenvalue weighted by Gasteiger charge is -2.21. The van der Waals surface area contributed by atoms with Crippen molar-refractivity contribution in [2.75, 3.05) is 12.3 Å². The normalized spacial score (nSPS) is 13.1. The van der Waals surface area contributed by atoms with Crippen molar-refractivity contribution in [3.05, 3.63) is 54.5 Å². The number of aromatic nitrogens is 1. The van der Waals surface area contributed by atoms with Crippen LogP contribution in [0.15, 0.2) is 18.2 Å². The molecule has 23 heavy (non-hydrogen) atoms. The first-order chi connectivity index (χ1) is 10.6. The molecule has 0 bridgehead atoms. The number of halogens is 2. The van der Waals surface area contributed by atoms with Crippen molar-refractivity contribution in [1.29, 1.82) is 0 Å². The van der Waals surface area contributed by atoms with Crippen LogP contribution in [0.5, 0.6) is 0 Å². The molecule has 0 fully saturated rings. The van der Waals surface area contributed by atoms with E-state index in [1.165, 1.54) is 11.3 Å². The van der Waals surface area contributed by atoms with Crippen LogP contribution in [0.4, 0.5) is 5.13 Å². The number of nitro groups is 1. The lowest BCUT2D eigenvalue weighted by molar-refractivity contribution is -0.481. The zero-order valence-electron chi connectivity index (χ0n) is 13.0. The van der Waals surface area contributed by atoms with Gasteiger partial charge in [0.2, 0.25) is 6.54 Å². The molecular weight excluding hydrogens is 357 g/mol. The van der Waals surface area contributed by atoms with Crippen LogP contribution in [0.3, 0.4) is 0 Å². The number of thiazole rings is 1. The van der Waals surface area contributed by atoms with Gasteiger partial charge in [-0.25, -0.2) is 4.98 Å². The molecule has 1 unspecified atom stereocenters. The van der Waals surface area contributed by atoms with Gasteiger partial charge in [-0.05, 0) is 17.7 Å². The second-order valence-corrected chi connectivity index (χ2v) is 8.15. The summed E-state index contributed by atoms with van der Waals surface area (Å²) in [7, 11) is 0. The monoisotopic (exact) mass is 373 g/mol. The van der Waals surface area contributed by atoms with Crippen LogP contribution in [0.25, 0.3) is 0 Å². The quantitative estimate of drug-likeness (QED) is 0.619. The molecule has 0 spiro atoms. The van der Waals surface area contributed by atoms with E-state index in [2.05, 4.69) is 4.98 Å². The number of benzene rings is 1. The van der Waals surface area contributed by atoms with Gasteiger partial charge >= 0.3 is 0 Å². The van der Waals surface area contributed by atoms with Gasteiger partial charge in [0.15, 0.2) is 5.13 Å². The molecule has 0 saturated heterocycles. The molecule has 0 radical (unpaired) electrons. The number of nitrogens with zero attached hydrogens (tertiary/aromatic N) is 2. The Hall–Kier alpha value is -1.37. The van der Waals surface area contributed by atoms with Crippen LogP contribution in [0, 0.1) is 10.1 Å². The van der Waals surface area contributed by atoms with Gasteiger partial charge in [0.1, 0.15) is 0 Å². The maximum Gasteiger partial charge on any atom is 0.215 e. The van der Waals surface area contributed by atoms with Crippen molar-refractivity contribution < 1.29 is 4.92 Å². The van der Waals surface area contributed by atoms with E-state index in [-0.39, 0.29) is 16.9 Å². The number of rotatable bonds is 4. The van der Waals surface area contributed by atoms with Crippen LogP contribution >= 0.6 is 34.5 Å². The number of hydrogen-bond acceptors (Lipinski definition) is 5. The Labute approximate surface area is 148 Å². The molecular formula is C15H17Cl2N3O2S. The van der Waals surface area contributed by atoms with Crippen molar-refractivity contribution in [3.8, 4) is 0 Å². The minimum Gasteiger partial charge on any atom is -0.375 e. The highest BCUT2D eigenvalue weighted by Crippen LogP contribution is 2.41. The summed E-state index contributed by atoms with van der Waals surface area (Å²) in [6, 6.07) is 4.99. The number of anilines is 1. The molecule has 2 N–H and O–H groups in total. The van der Waals surface area contributed by atoms with Crippen LogP contribution < -0.4 is 5.73 Å². The third kappa shape index (κ3) is 4.13. The highest BCUT2D eigenvalue weighted by atomic mass is 35.5. The fourth-order valence-corrected chi connectivity index (χ4v) is 4.07. The SMILES string of the molecule is CC(C)(C)c1nc(N)sc1C(C[N+](=O)[O-])c1ccc(Cl)cc1Cl. The molecule has 0 aliphatic rings. The molecule has 0 saturated carbocycles. The fourth-order valence-electron chi connectivity index (χ4n) is 2.38. The molecule has 0 aliphatic carbocycles. The van der Waals surface area contributed by atoms with E-state index in [0.717, 1.165) is 10.6 Å². The summed E-state index contributed by atoms with van der Waals surface area (Å²) in [5.74, 6) is -0.515. The number of nitrogen functional groups attached to an aromatic ring is 1. The lowest BCUT2D eigenvalue weighted by Crippen LogP contribution is -2.20. The summed E-state index contributed by atoms with van der Waals surface area (Å²) in [6.07, 6.45) is 0. The Bertz CT molecular complexity index is 741. The fraction of sp³-hybridized carbons (Fsp3) is 0.400. The molecule has 5 nitrogen and oxygen atoms in total. The third-order valence-electron chi connectivity index (χ3n) is 3.37. The van der Waals surface area contributed by atoms with Crippen molar-refractivity contribution in [3.63, 3.8) is 0 Å². The molecule has 1 heterocycles. The Balaban J connectivity index is 2.63. The lowest BCUT2D eigenvalue weighted by atomic mass is 9.86. The zero-order chi connectivity index (χ0) is 17.4. The molecule has 0 aliphatic heterocycles. The molecule has 2 aromatic rings. The van der Waals surface area contributed by atoms with E-state index in [1.54, 1.807) is 18.2 Å². The molecule has 0 amide bonds. The Morgan fingerprint density at radius 2 is 2.04 bits per heavy atom. The van der Waals surface area contributed by atoms with E-state index in [0.29, 0.717) is 20.7 Å². The second kappa shape index (κ2) is 6.63. The predicted octanol–water partition coefficient (Wildman–Crippen LogP) is 4.74. The summed E-state index contributed by atoms with van der Waals surface area (Å²) in [5, 5.41) is 12.5. The van der Waals surface area contributed by atoms with E-state index >= 15 is 0 Å². The van der Waals surface area contributed by atoms with E-state index in [4.69, 9.17) is 28.9 Å². The molecule has 124 valence electrons. The summed E-state index contributed by atoms with van der Waals surface area (Å²) in [6.45, 7) is 5.71. The van der Waals surface area contributed by atoms with Gasteiger partial charge < -0.3 is 5.73 Å². The highest BCUT2D eigenvalue weighted by molar-refractivity contribution is 7.15. The molecule has 1 atom stereocenters. The second-order valence-electron chi connectivity index (χ2n) is 6.25. The van der Waals surface area contributed by atoms with Crippen molar-refractivity contribution in [1.82, 2.24) is 4.98 Å². The Morgan fingerprint density at radius 1 is 1.39 bits per heavy atom. The Morgan fingerprint density at radius 3 is 2.57 bits per heavy atom. The van der Waals surface area contributed by atoms with Gasteiger partial charge in [0.25, 0.3) is 0 Å². The van der Waals surface area contributed by atoms with Gasteiger partial charge in [0.05, 0.1) is 11.6 Å². The molecule has 1 aromatic carbocycles. The Kier molecular flexibility index (Phi) is 5.18. The van der Waals surface area contributed by atoms with Crippen molar-refractivity contribution >= 4 is 39.7 Å². The summed E-state index contributed by atoms with van der Waals surface area (Å²) in [5.41, 5.74) is 7.00. The van der Waals surface area contributed by atoms with Crippen LogP contribution in [0.1, 0.15) is 42.8 Å². The highest BCUT2D eigenvalue weighted by Gasteiger charge is 2.32. The average molecular weight is 374 g/mol. The summed E-state index contributed by atoms with van der Waals surface area (Å²) >= 11 is 13.5. The van der Waals surface area contributed by atoms with Crippen LogP contribution in [-0.4, -0.2) is 16.5 Å². The van der Waals surface area contributed by atoms with E-state index in [1.807, 2.05) is 20.8 Å². The summed E-state index contributed by atoms with van der Waals surface area (Å²) in [4.78, 5) is 16.0. The molecule has 8 heteroatoms. The van der Waals surface area contributed by atoms with Crippen LogP contribution in [0.2, 0.25) is 10.0 Å². The molecule has 1 aromatic heterocycles. The summed E-state index contributed by atoms with van der Waals surface area (Å²) < 4.78 is 0. The average Bonchev–Trinajstić information content (AvgIpc) is 2.78. The standard InChI is InChI=1S/C15H17Cl2N3O2S/c1-15(2,3)13-12(23-14(18)19-13)10(7-20(21)22)9-5-4-8(16)6-11(9)17/h4-6,10H,7H2,1-3H3,(H2,18,19). The predicted molar refractivity (Wildman–Crippen MR) is 95.4 cm³/mol. The van der Waals surface area contributed by atoms with E-state index in [9.17, 15) is 10.1 Å². The topological polar surface area (TPSA) is 82.0 Å². The largest absolute Gasteiger partial charge is 0.375 e. The minimum absolute atomic E-state index is 0.281. The first-order valence-corrected chi connectivity index (χ1v) is 8.50. The van der Waals surface area contributed by atoms with Gasteiger partial charge in [-0.3, -0.25) is 10.1 Å². The van der Waals surface area contributed by atoms with Crippen LogP contribution in [-0.2, 0) is 5.41 Å². The third-order valence-corrected chi connectivity index (χ3v) is 4.93. The zero-order valence-corrected chi connectivity index (χ0v) is 15.3. The van der Waals surface area contributed by atoms with Gasteiger partial charge in [-0.2, -0.15) is 0 Å². The van der Waals surface area contributed by atoms with Crippen molar-refractivity contribution in [2.24, 2.45) is 0 Å². The first kappa shape index (κ1) is 18.0. The number of hydrogen-bond donors (Lipinski definition) is 1. The van der Waals surface area contributed by atoms with Gasteiger partial charge in [-0.15, -0.1) is 11.3 Å². The number of nitrogens with two attached hydrogens (primary N) is 1. The smallest absolute Gasteiger partial charge is 0.215 e. The van der Waals surface area contributed by atoms with Gasteiger partial charge in [0, 0.05) is 25.3 Å². The van der Waals surface area contributed by atoms with E-state index < -0.39 is 5.92 Å². The van der Waals surface area contributed by atoms with Gasteiger partial charge in [-0.1, -0.05) is 50.0 Å².